The highest BCUT2D eigenvalue weighted by Crippen LogP contribution is 2.27. The first-order valence-electron chi connectivity index (χ1n) is 5.95. The van der Waals surface area contributed by atoms with Crippen LogP contribution in [0.25, 0.3) is 11.3 Å². The molecule has 0 aliphatic rings. The monoisotopic (exact) mass is 243 g/mol. The fourth-order valence-corrected chi connectivity index (χ4v) is 1.83. The molecule has 0 spiro atoms. The second-order valence-electron chi connectivity index (χ2n) is 4.09. The predicted molar refractivity (Wildman–Crippen MR) is 72.5 cm³/mol. The average molecular weight is 243 g/mol. The highest BCUT2D eigenvalue weighted by molar-refractivity contribution is 5.68. The minimum absolute atomic E-state index is 0.527. The molecule has 0 amide bonds. The molecule has 0 atom stereocenters. The van der Waals surface area contributed by atoms with Gasteiger partial charge in [0.15, 0.2) is 0 Å². The van der Waals surface area contributed by atoms with Crippen LogP contribution in [0.3, 0.4) is 0 Å². The Kier molecular flexibility index (Phi) is 3.46. The van der Waals surface area contributed by atoms with Gasteiger partial charge in [0.1, 0.15) is 17.4 Å². The number of nitrogens with two attached hydrogens (primary N) is 1. The molecule has 1 aromatic carbocycles. The minimum atomic E-state index is 0.527. The van der Waals surface area contributed by atoms with E-state index in [0.29, 0.717) is 18.2 Å². The van der Waals surface area contributed by atoms with Crippen LogP contribution in [0.15, 0.2) is 24.3 Å². The number of aryl methyl sites for hydroxylation is 1. The molecule has 2 N–H and O–H groups in total. The first-order chi connectivity index (χ1) is 8.61. The molecule has 0 bridgehead atoms. The molecule has 0 aliphatic carbocycles. The molecule has 2 rings (SSSR count). The van der Waals surface area contributed by atoms with Crippen molar-refractivity contribution in [3.8, 4) is 17.0 Å². The lowest BCUT2D eigenvalue weighted by molar-refractivity contribution is 0.340. The normalized spacial score (nSPS) is 10.4. The third-order valence-electron chi connectivity index (χ3n) is 2.71. The molecular weight excluding hydrogens is 226 g/mol. The van der Waals surface area contributed by atoms with Gasteiger partial charge in [-0.1, -0.05) is 12.1 Å². The Morgan fingerprint density at radius 3 is 2.72 bits per heavy atom. The van der Waals surface area contributed by atoms with Gasteiger partial charge in [-0.3, -0.25) is 0 Å². The Balaban J connectivity index is 2.51. The van der Waals surface area contributed by atoms with Crippen LogP contribution in [0, 0.1) is 13.8 Å². The molecule has 94 valence electrons. The van der Waals surface area contributed by atoms with E-state index >= 15 is 0 Å². The number of anilines is 1. The van der Waals surface area contributed by atoms with Gasteiger partial charge in [-0.25, -0.2) is 9.97 Å². The third kappa shape index (κ3) is 2.42. The number of nitrogens with zero attached hydrogens (tertiary/aromatic N) is 2. The van der Waals surface area contributed by atoms with Gasteiger partial charge in [0, 0.05) is 11.1 Å². The maximum atomic E-state index is 5.87. The summed E-state index contributed by atoms with van der Waals surface area (Å²) in [5, 5.41) is 0. The summed E-state index contributed by atoms with van der Waals surface area (Å²) in [5.41, 5.74) is 8.63. The summed E-state index contributed by atoms with van der Waals surface area (Å²) >= 11 is 0. The maximum Gasteiger partial charge on any atom is 0.130 e. The van der Waals surface area contributed by atoms with Crippen LogP contribution in [-0.2, 0) is 0 Å². The number of benzene rings is 1. The largest absolute Gasteiger partial charge is 0.494 e. The number of ether oxygens (including phenoxy) is 1. The van der Waals surface area contributed by atoms with E-state index < -0.39 is 0 Å². The number of hydrogen-bond donors (Lipinski definition) is 1. The second-order valence-corrected chi connectivity index (χ2v) is 4.09. The predicted octanol–water partition coefficient (Wildman–Crippen LogP) is 2.74. The molecule has 0 fully saturated rings. The smallest absolute Gasteiger partial charge is 0.130 e. The Labute approximate surface area is 107 Å². The van der Waals surface area contributed by atoms with Crippen molar-refractivity contribution in [1.29, 1.82) is 0 Å². The number of nitrogen functional groups attached to an aromatic ring is 1. The molecule has 1 heterocycles. The van der Waals surface area contributed by atoms with Gasteiger partial charge in [-0.05, 0) is 32.9 Å². The van der Waals surface area contributed by atoms with Crippen molar-refractivity contribution in [3.05, 3.63) is 35.7 Å². The van der Waals surface area contributed by atoms with Crippen LogP contribution in [0.5, 0.6) is 5.75 Å². The molecule has 4 heteroatoms. The van der Waals surface area contributed by atoms with Crippen LogP contribution in [0.1, 0.15) is 18.3 Å². The lowest BCUT2D eigenvalue weighted by Crippen LogP contribution is -2.02. The number of hydrogen-bond acceptors (Lipinski definition) is 4. The van der Waals surface area contributed by atoms with Crippen molar-refractivity contribution in [2.45, 2.75) is 20.8 Å². The SMILES string of the molecule is CCOc1cccc(-c2nc(C)nc(N)c2C)c1. The van der Waals surface area contributed by atoms with E-state index in [2.05, 4.69) is 9.97 Å². The maximum absolute atomic E-state index is 5.87. The lowest BCUT2D eigenvalue weighted by Gasteiger charge is -2.10. The zero-order chi connectivity index (χ0) is 13.1. The molecule has 2 aromatic rings. The van der Waals surface area contributed by atoms with E-state index in [1.165, 1.54) is 0 Å². The van der Waals surface area contributed by atoms with E-state index in [0.717, 1.165) is 22.6 Å². The van der Waals surface area contributed by atoms with Crippen LogP contribution < -0.4 is 10.5 Å². The fourth-order valence-electron chi connectivity index (χ4n) is 1.83. The summed E-state index contributed by atoms with van der Waals surface area (Å²) in [5.74, 6) is 2.04. The van der Waals surface area contributed by atoms with E-state index in [-0.39, 0.29) is 0 Å². The molecule has 4 nitrogen and oxygen atoms in total. The van der Waals surface area contributed by atoms with Crippen molar-refractivity contribution >= 4 is 5.82 Å². The Bertz CT molecular complexity index is 567. The van der Waals surface area contributed by atoms with Crippen molar-refractivity contribution in [1.82, 2.24) is 9.97 Å². The lowest BCUT2D eigenvalue weighted by atomic mass is 10.1. The van der Waals surface area contributed by atoms with Gasteiger partial charge in [-0.2, -0.15) is 0 Å². The van der Waals surface area contributed by atoms with E-state index in [9.17, 15) is 0 Å². The summed E-state index contributed by atoms with van der Waals surface area (Å²) in [6.07, 6.45) is 0. The van der Waals surface area contributed by atoms with Crippen LogP contribution >= 0.6 is 0 Å². The second kappa shape index (κ2) is 5.04. The fraction of sp³-hybridized carbons (Fsp3) is 0.286. The van der Waals surface area contributed by atoms with Gasteiger partial charge in [0.2, 0.25) is 0 Å². The standard InChI is InChI=1S/C14H17N3O/c1-4-18-12-7-5-6-11(8-12)13-9(2)14(15)17-10(3)16-13/h5-8H,4H2,1-3H3,(H2,15,16,17). The molecule has 0 aliphatic heterocycles. The van der Waals surface area contributed by atoms with Gasteiger partial charge in [0.25, 0.3) is 0 Å². The molecule has 18 heavy (non-hydrogen) atoms. The molecular formula is C14H17N3O. The minimum Gasteiger partial charge on any atom is -0.494 e. The number of rotatable bonds is 3. The zero-order valence-corrected chi connectivity index (χ0v) is 10.9. The highest BCUT2D eigenvalue weighted by Gasteiger charge is 2.09. The molecule has 0 saturated heterocycles. The van der Waals surface area contributed by atoms with E-state index in [4.69, 9.17) is 10.5 Å². The summed E-state index contributed by atoms with van der Waals surface area (Å²) < 4.78 is 5.49. The Morgan fingerprint density at radius 2 is 2.00 bits per heavy atom. The number of aromatic nitrogens is 2. The summed E-state index contributed by atoms with van der Waals surface area (Å²) in [4.78, 5) is 8.61. The van der Waals surface area contributed by atoms with Crippen molar-refractivity contribution in [2.24, 2.45) is 0 Å². The van der Waals surface area contributed by atoms with Gasteiger partial charge in [0.05, 0.1) is 12.3 Å². The topological polar surface area (TPSA) is 61.0 Å². The molecule has 0 saturated carbocycles. The molecule has 0 unspecified atom stereocenters. The first-order valence-corrected chi connectivity index (χ1v) is 5.95. The summed E-state index contributed by atoms with van der Waals surface area (Å²) in [6.45, 7) is 6.38. The molecule has 1 aromatic heterocycles. The highest BCUT2D eigenvalue weighted by atomic mass is 16.5. The quantitative estimate of drug-likeness (QED) is 0.900. The Hall–Kier alpha value is -2.10. The summed E-state index contributed by atoms with van der Waals surface area (Å²) in [6, 6.07) is 7.85. The van der Waals surface area contributed by atoms with Crippen molar-refractivity contribution in [2.75, 3.05) is 12.3 Å². The van der Waals surface area contributed by atoms with Crippen LogP contribution in [-0.4, -0.2) is 16.6 Å². The zero-order valence-electron chi connectivity index (χ0n) is 10.9. The summed E-state index contributed by atoms with van der Waals surface area (Å²) in [7, 11) is 0. The van der Waals surface area contributed by atoms with Crippen LogP contribution in [0.4, 0.5) is 5.82 Å². The Morgan fingerprint density at radius 1 is 1.22 bits per heavy atom. The van der Waals surface area contributed by atoms with Crippen LogP contribution in [0.2, 0.25) is 0 Å². The van der Waals surface area contributed by atoms with Crippen molar-refractivity contribution < 1.29 is 4.74 Å². The third-order valence-corrected chi connectivity index (χ3v) is 2.71. The van der Waals surface area contributed by atoms with Gasteiger partial charge >= 0.3 is 0 Å². The average Bonchev–Trinajstić information content (AvgIpc) is 2.34. The van der Waals surface area contributed by atoms with E-state index in [1.807, 2.05) is 45.0 Å². The van der Waals surface area contributed by atoms with E-state index in [1.54, 1.807) is 0 Å². The van der Waals surface area contributed by atoms with Gasteiger partial charge < -0.3 is 10.5 Å². The van der Waals surface area contributed by atoms with Gasteiger partial charge in [-0.15, -0.1) is 0 Å². The molecule has 0 radical (unpaired) electrons. The first kappa shape index (κ1) is 12.4. The van der Waals surface area contributed by atoms with Crippen molar-refractivity contribution in [3.63, 3.8) is 0 Å².